The van der Waals surface area contributed by atoms with Crippen molar-refractivity contribution in [1.29, 1.82) is 0 Å². The van der Waals surface area contributed by atoms with E-state index in [2.05, 4.69) is 5.32 Å². The van der Waals surface area contributed by atoms with E-state index in [1.807, 2.05) is 31.8 Å². The average Bonchev–Trinajstić information content (AvgIpc) is 2.61. The summed E-state index contributed by atoms with van der Waals surface area (Å²) in [6, 6.07) is 7.25. The third kappa shape index (κ3) is 10.8. The molecule has 1 amide bonds. The summed E-state index contributed by atoms with van der Waals surface area (Å²) in [5.41, 5.74) is 0.577. The highest BCUT2D eigenvalue weighted by Gasteiger charge is 2.19. The number of rotatable bonds is 13. The van der Waals surface area contributed by atoms with Gasteiger partial charge in [-0.3, -0.25) is 9.59 Å². The second kappa shape index (κ2) is 12.5. The molecule has 6 heteroatoms. The minimum atomic E-state index is -1.74. The number of para-hydroxylation sites is 1. The number of nitrogens with one attached hydrogen (secondary N) is 1. The molecule has 1 aromatic rings. The second-order valence-electron chi connectivity index (χ2n) is 7.77. The zero-order valence-corrected chi connectivity index (χ0v) is 18.3. The molecule has 0 radical (unpaired) electrons. The van der Waals surface area contributed by atoms with Gasteiger partial charge >= 0.3 is 0 Å². The second-order valence-corrected chi connectivity index (χ2v) is 12.2. The van der Waals surface area contributed by atoms with Gasteiger partial charge in [-0.05, 0) is 44.6 Å². The summed E-state index contributed by atoms with van der Waals surface area (Å²) in [5, 5.41) is 2.95. The maximum Gasteiger partial charge on any atom is 0.292 e. The first kappa shape index (κ1) is 23.2. The molecule has 0 saturated heterocycles. The van der Waals surface area contributed by atoms with E-state index in [0.29, 0.717) is 24.3 Å². The highest BCUT2D eigenvalue weighted by Crippen LogP contribution is 2.17. The van der Waals surface area contributed by atoms with E-state index in [4.69, 9.17) is 9.16 Å². The molecule has 0 aliphatic heterocycles. The Bertz CT molecular complexity index is 584. The first-order valence-corrected chi connectivity index (χ1v) is 13.4. The molecule has 152 valence electrons. The molecule has 27 heavy (non-hydrogen) atoms. The number of unbranched alkanes of at least 4 members (excludes halogenated alkanes) is 6. The Morgan fingerprint density at radius 3 is 2.15 bits per heavy atom. The van der Waals surface area contributed by atoms with Gasteiger partial charge in [-0.2, -0.15) is 0 Å². The van der Waals surface area contributed by atoms with Crippen molar-refractivity contribution < 1.29 is 18.8 Å². The first-order valence-electron chi connectivity index (χ1n) is 9.96. The van der Waals surface area contributed by atoms with Crippen LogP contribution < -0.4 is 10.1 Å². The molecule has 0 spiro atoms. The average molecular weight is 394 g/mol. The Kier molecular flexibility index (Phi) is 10.8. The van der Waals surface area contributed by atoms with Crippen molar-refractivity contribution in [2.45, 2.75) is 71.0 Å². The van der Waals surface area contributed by atoms with Crippen molar-refractivity contribution in [1.82, 2.24) is 5.32 Å². The van der Waals surface area contributed by atoms with Crippen molar-refractivity contribution in [2.75, 3.05) is 13.7 Å². The van der Waals surface area contributed by atoms with Crippen LogP contribution in [0.5, 0.6) is 5.75 Å². The van der Waals surface area contributed by atoms with E-state index < -0.39 is 8.32 Å². The third-order valence-electron chi connectivity index (χ3n) is 4.11. The molecular weight excluding hydrogens is 358 g/mol. The lowest BCUT2D eigenvalue weighted by Crippen LogP contribution is -2.28. The van der Waals surface area contributed by atoms with Crippen LogP contribution in [0.15, 0.2) is 24.3 Å². The number of hydrogen-bond donors (Lipinski definition) is 1. The molecule has 0 fully saturated rings. The molecule has 0 atom stereocenters. The van der Waals surface area contributed by atoms with Gasteiger partial charge in [0, 0.05) is 13.0 Å². The number of hydrogen-bond acceptors (Lipinski definition) is 4. The van der Waals surface area contributed by atoms with Crippen LogP contribution in [0.4, 0.5) is 0 Å². The van der Waals surface area contributed by atoms with Crippen molar-refractivity contribution in [3.63, 3.8) is 0 Å². The number of benzene rings is 1. The minimum absolute atomic E-state index is 0.0417. The van der Waals surface area contributed by atoms with E-state index in [1.165, 1.54) is 6.42 Å². The normalized spacial score (nSPS) is 11.1. The summed E-state index contributed by atoms with van der Waals surface area (Å²) in [4.78, 5) is 23.8. The molecule has 0 aliphatic rings. The number of amides is 1. The Morgan fingerprint density at radius 1 is 0.926 bits per heavy atom. The van der Waals surface area contributed by atoms with E-state index >= 15 is 0 Å². The number of methoxy groups -OCH3 is 1. The molecule has 0 saturated carbocycles. The van der Waals surface area contributed by atoms with E-state index in [-0.39, 0.29) is 11.9 Å². The topological polar surface area (TPSA) is 64.6 Å². The van der Waals surface area contributed by atoms with Crippen LogP contribution in [-0.4, -0.2) is 33.8 Å². The lowest BCUT2D eigenvalue weighted by atomic mass is 10.1. The largest absolute Gasteiger partial charge is 0.520 e. The molecule has 1 rings (SSSR count). The zero-order chi connectivity index (χ0) is 20.1. The summed E-state index contributed by atoms with van der Waals surface area (Å²) in [6.07, 6.45) is 8.08. The van der Waals surface area contributed by atoms with Gasteiger partial charge in [0.05, 0.1) is 12.7 Å². The van der Waals surface area contributed by atoms with Gasteiger partial charge in [-0.1, -0.05) is 44.2 Å². The highest BCUT2D eigenvalue weighted by molar-refractivity contribution is 6.71. The van der Waals surface area contributed by atoms with Crippen LogP contribution in [0.25, 0.3) is 0 Å². The number of carbonyl (C=O) groups is 2. The zero-order valence-electron chi connectivity index (χ0n) is 17.3. The molecule has 0 bridgehead atoms. The van der Waals surface area contributed by atoms with Gasteiger partial charge in [0.1, 0.15) is 5.75 Å². The molecule has 5 nitrogen and oxygen atoms in total. The Labute approximate surface area is 165 Å². The molecular formula is C21H35NO4Si. The molecule has 0 unspecified atom stereocenters. The smallest absolute Gasteiger partial charge is 0.292 e. The molecule has 0 aliphatic carbocycles. The van der Waals surface area contributed by atoms with E-state index in [9.17, 15) is 9.59 Å². The summed E-state index contributed by atoms with van der Waals surface area (Å²) >= 11 is 0. The number of ether oxygens (including phenoxy) is 1. The van der Waals surface area contributed by atoms with Crippen LogP contribution in [0.3, 0.4) is 0 Å². The highest BCUT2D eigenvalue weighted by atomic mass is 28.4. The first-order chi connectivity index (χ1) is 12.8. The minimum Gasteiger partial charge on any atom is -0.520 e. The van der Waals surface area contributed by atoms with Crippen LogP contribution in [0.1, 0.15) is 61.7 Å². The van der Waals surface area contributed by atoms with Gasteiger partial charge in [0.2, 0.25) is 8.32 Å². The van der Waals surface area contributed by atoms with Crippen molar-refractivity contribution >= 4 is 20.2 Å². The molecule has 0 aromatic heterocycles. The van der Waals surface area contributed by atoms with Crippen LogP contribution in [-0.2, 0) is 9.22 Å². The fourth-order valence-electron chi connectivity index (χ4n) is 2.80. The molecule has 1 N–H and O–H groups in total. The summed E-state index contributed by atoms with van der Waals surface area (Å²) < 4.78 is 10.6. The van der Waals surface area contributed by atoms with E-state index in [0.717, 1.165) is 38.5 Å². The summed E-state index contributed by atoms with van der Waals surface area (Å²) in [6.45, 7) is 6.77. The van der Waals surface area contributed by atoms with Gasteiger partial charge in [-0.15, -0.1) is 0 Å². The Balaban J connectivity index is 2.00. The van der Waals surface area contributed by atoms with Crippen molar-refractivity contribution in [3.8, 4) is 5.75 Å². The van der Waals surface area contributed by atoms with E-state index in [1.54, 1.807) is 19.2 Å². The standard InChI is InChI=1S/C21H35NO4Si/c1-25-19-15-12-11-14-18(19)21(24)22-17-13-9-7-5-6-8-10-16-20(23)26-27(2,3)4/h11-12,14-15H,5-10,13,16-17H2,1-4H3,(H,22,24). The lowest BCUT2D eigenvalue weighted by molar-refractivity contribution is -0.135. The predicted octanol–water partition coefficient (Wildman–Crippen LogP) is 4.92. The Morgan fingerprint density at radius 2 is 1.52 bits per heavy atom. The molecule has 1 aromatic carbocycles. The quantitative estimate of drug-likeness (QED) is 0.381. The third-order valence-corrected chi connectivity index (χ3v) is 4.95. The predicted molar refractivity (Wildman–Crippen MR) is 112 cm³/mol. The van der Waals surface area contributed by atoms with Crippen LogP contribution >= 0.6 is 0 Å². The summed E-state index contributed by atoms with van der Waals surface area (Å²) in [7, 11) is -0.165. The fraction of sp³-hybridized carbons (Fsp3) is 0.619. The van der Waals surface area contributed by atoms with Crippen molar-refractivity contribution in [3.05, 3.63) is 29.8 Å². The maximum absolute atomic E-state index is 12.1. The van der Waals surface area contributed by atoms with Gasteiger partial charge in [0.15, 0.2) is 0 Å². The Hall–Kier alpha value is -1.82. The molecule has 0 heterocycles. The SMILES string of the molecule is COc1ccccc1C(=O)NCCCCCCCCCC(=O)O[Si](C)(C)C. The number of carbonyl (C=O) groups excluding carboxylic acids is 2. The lowest BCUT2D eigenvalue weighted by Gasteiger charge is -2.17. The van der Waals surface area contributed by atoms with Gasteiger partial charge in [0.25, 0.3) is 11.9 Å². The van der Waals surface area contributed by atoms with Crippen LogP contribution in [0.2, 0.25) is 19.6 Å². The fourth-order valence-corrected chi connectivity index (χ4v) is 3.59. The summed E-state index contributed by atoms with van der Waals surface area (Å²) in [5.74, 6) is 0.473. The van der Waals surface area contributed by atoms with Crippen molar-refractivity contribution in [2.24, 2.45) is 0 Å². The van der Waals surface area contributed by atoms with Gasteiger partial charge < -0.3 is 14.5 Å². The maximum atomic E-state index is 12.1. The van der Waals surface area contributed by atoms with Gasteiger partial charge in [-0.25, -0.2) is 0 Å². The van der Waals surface area contributed by atoms with Crippen LogP contribution in [0, 0.1) is 0 Å². The monoisotopic (exact) mass is 393 g/mol.